The van der Waals surface area contributed by atoms with E-state index in [0.717, 1.165) is 52.2 Å². The largest absolute Gasteiger partial charge is 0.381 e. The van der Waals surface area contributed by atoms with Crippen LogP contribution in [0.5, 0.6) is 0 Å². The first-order chi connectivity index (χ1) is 8.83. The number of hydrogen-bond donors (Lipinski definition) is 1. The first-order valence-corrected chi connectivity index (χ1v) is 7.43. The highest BCUT2D eigenvalue weighted by Crippen LogP contribution is 2.20. The molecule has 2 heterocycles. The van der Waals surface area contributed by atoms with Crippen molar-refractivity contribution in [2.45, 2.75) is 50.7 Å². The Hall–Kier alpha value is -0.160. The minimum absolute atomic E-state index is 0.522. The first-order valence-electron chi connectivity index (χ1n) is 7.43. The van der Waals surface area contributed by atoms with Gasteiger partial charge in [-0.2, -0.15) is 0 Å². The quantitative estimate of drug-likeness (QED) is 0.803. The van der Waals surface area contributed by atoms with Crippen molar-refractivity contribution < 1.29 is 9.47 Å². The van der Waals surface area contributed by atoms with Gasteiger partial charge in [-0.05, 0) is 39.3 Å². The van der Waals surface area contributed by atoms with E-state index in [-0.39, 0.29) is 0 Å². The normalized spacial score (nSPS) is 30.8. The van der Waals surface area contributed by atoms with Crippen molar-refractivity contribution in [1.82, 2.24) is 10.2 Å². The number of ether oxygens (including phenoxy) is 2. The summed E-state index contributed by atoms with van der Waals surface area (Å²) in [4.78, 5) is 2.54. The van der Waals surface area contributed by atoms with E-state index in [9.17, 15) is 0 Å². The fourth-order valence-electron chi connectivity index (χ4n) is 3.06. The van der Waals surface area contributed by atoms with Crippen molar-refractivity contribution >= 4 is 0 Å². The summed E-state index contributed by atoms with van der Waals surface area (Å²) in [5.41, 5.74) is 0. The monoisotopic (exact) mass is 256 g/mol. The second kappa shape index (κ2) is 7.43. The number of nitrogens with zero attached hydrogens (tertiary/aromatic N) is 1. The third kappa shape index (κ3) is 3.67. The molecular weight excluding hydrogens is 228 g/mol. The molecular formula is C14H28N2O2. The Labute approximate surface area is 111 Å². The Balaban J connectivity index is 1.89. The predicted molar refractivity (Wildman–Crippen MR) is 72.9 cm³/mol. The van der Waals surface area contributed by atoms with Crippen LogP contribution in [0.2, 0.25) is 0 Å². The number of rotatable bonds is 5. The summed E-state index contributed by atoms with van der Waals surface area (Å²) in [5.74, 6) is 0. The summed E-state index contributed by atoms with van der Waals surface area (Å²) in [5, 5.41) is 3.69. The molecule has 4 heteroatoms. The Morgan fingerprint density at radius 2 is 1.83 bits per heavy atom. The van der Waals surface area contributed by atoms with Crippen LogP contribution in [0.3, 0.4) is 0 Å². The lowest BCUT2D eigenvalue weighted by Gasteiger charge is -2.43. The molecule has 18 heavy (non-hydrogen) atoms. The molecule has 2 aliphatic rings. The van der Waals surface area contributed by atoms with Gasteiger partial charge in [-0.15, -0.1) is 0 Å². The smallest absolute Gasteiger partial charge is 0.0637 e. The summed E-state index contributed by atoms with van der Waals surface area (Å²) in [6.45, 7) is 6.94. The summed E-state index contributed by atoms with van der Waals surface area (Å²) in [7, 11) is 2.26. The van der Waals surface area contributed by atoms with E-state index in [1.807, 2.05) is 0 Å². The van der Waals surface area contributed by atoms with Gasteiger partial charge in [0.25, 0.3) is 0 Å². The van der Waals surface area contributed by atoms with Gasteiger partial charge in [0.2, 0.25) is 0 Å². The lowest BCUT2D eigenvalue weighted by Crippen LogP contribution is -2.57. The van der Waals surface area contributed by atoms with E-state index in [4.69, 9.17) is 9.47 Å². The van der Waals surface area contributed by atoms with Gasteiger partial charge >= 0.3 is 0 Å². The third-order valence-electron chi connectivity index (χ3n) is 4.27. The van der Waals surface area contributed by atoms with Crippen molar-refractivity contribution in [3.63, 3.8) is 0 Å². The maximum Gasteiger partial charge on any atom is 0.0637 e. The molecule has 2 unspecified atom stereocenters. The van der Waals surface area contributed by atoms with Crippen molar-refractivity contribution in [3.8, 4) is 0 Å². The van der Waals surface area contributed by atoms with Crippen molar-refractivity contribution in [2.75, 3.05) is 40.0 Å². The second-order valence-electron chi connectivity index (χ2n) is 5.50. The van der Waals surface area contributed by atoms with Crippen LogP contribution in [-0.4, -0.2) is 63.0 Å². The number of nitrogens with one attached hydrogen (secondary N) is 1. The zero-order chi connectivity index (χ0) is 12.8. The standard InChI is InChI=1S/C14H28N2O2/c1-3-7-15-13-6-10-18-11-14(13)16(2)12-4-8-17-9-5-12/h12-15H,3-11H2,1-2H3. The highest BCUT2D eigenvalue weighted by Gasteiger charge is 2.32. The van der Waals surface area contributed by atoms with Gasteiger partial charge in [-0.3, -0.25) is 4.90 Å². The fourth-order valence-corrected chi connectivity index (χ4v) is 3.06. The lowest BCUT2D eigenvalue weighted by atomic mass is 9.98. The predicted octanol–water partition coefficient (Wildman–Crippen LogP) is 1.25. The molecule has 0 bridgehead atoms. The zero-order valence-corrected chi connectivity index (χ0v) is 11.9. The van der Waals surface area contributed by atoms with Crippen LogP contribution in [0.25, 0.3) is 0 Å². The molecule has 2 rings (SSSR count). The Bertz CT molecular complexity index is 232. The van der Waals surface area contributed by atoms with Crippen molar-refractivity contribution in [1.29, 1.82) is 0 Å². The molecule has 2 atom stereocenters. The zero-order valence-electron chi connectivity index (χ0n) is 11.9. The molecule has 0 aromatic carbocycles. The molecule has 0 spiro atoms. The molecule has 2 aliphatic heterocycles. The molecule has 0 aromatic heterocycles. The van der Waals surface area contributed by atoms with Crippen LogP contribution in [-0.2, 0) is 9.47 Å². The summed E-state index contributed by atoms with van der Waals surface area (Å²) in [6, 6.07) is 1.77. The van der Waals surface area contributed by atoms with Crippen LogP contribution in [0.4, 0.5) is 0 Å². The maximum atomic E-state index is 5.69. The van der Waals surface area contributed by atoms with Gasteiger partial charge in [-0.1, -0.05) is 6.92 Å². The molecule has 0 aliphatic carbocycles. The summed E-state index contributed by atoms with van der Waals surface area (Å²) in [6.07, 6.45) is 4.66. The van der Waals surface area contributed by atoms with E-state index in [0.29, 0.717) is 18.1 Å². The van der Waals surface area contributed by atoms with Gasteiger partial charge in [0.05, 0.1) is 6.61 Å². The van der Waals surface area contributed by atoms with E-state index < -0.39 is 0 Å². The lowest BCUT2D eigenvalue weighted by molar-refractivity contribution is -0.0329. The Morgan fingerprint density at radius 1 is 1.11 bits per heavy atom. The topological polar surface area (TPSA) is 33.7 Å². The molecule has 2 saturated heterocycles. The van der Waals surface area contributed by atoms with Crippen LogP contribution < -0.4 is 5.32 Å². The average molecular weight is 256 g/mol. The van der Waals surface area contributed by atoms with Crippen molar-refractivity contribution in [3.05, 3.63) is 0 Å². The SMILES string of the molecule is CCCNC1CCOCC1N(C)C1CCOCC1. The number of hydrogen-bond acceptors (Lipinski definition) is 4. The van der Waals surface area contributed by atoms with Gasteiger partial charge in [0.15, 0.2) is 0 Å². The molecule has 0 aromatic rings. The number of likely N-dealkylation sites (N-methyl/N-ethyl adjacent to an activating group) is 1. The minimum Gasteiger partial charge on any atom is -0.381 e. The molecule has 0 radical (unpaired) electrons. The van der Waals surface area contributed by atoms with Crippen LogP contribution in [0.15, 0.2) is 0 Å². The summed E-state index contributed by atoms with van der Waals surface area (Å²) < 4.78 is 11.1. The molecule has 2 fully saturated rings. The minimum atomic E-state index is 0.522. The van der Waals surface area contributed by atoms with E-state index >= 15 is 0 Å². The third-order valence-corrected chi connectivity index (χ3v) is 4.27. The highest BCUT2D eigenvalue weighted by molar-refractivity contribution is 4.89. The highest BCUT2D eigenvalue weighted by atomic mass is 16.5. The second-order valence-corrected chi connectivity index (χ2v) is 5.50. The molecule has 4 nitrogen and oxygen atoms in total. The Kier molecular flexibility index (Phi) is 5.89. The van der Waals surface area contributed by atoms with E-state index in [1.54, 1.807) is 0 Å². The maximum absolute atomic E-state index is 5.69. The van der Waals surface area contributed by atoms with Crippen molar-refractivity contribution in [2.24, 2.45) is 0 Å². The average Bonchev–Trinajstić information content (AvgIpc) is 2.45. The van der Waals surface area contributed by atoms with Gasteiger partial charge in [0, 0.05) is 37.9 Å². The molecule has 106 valence electrons. The molecule has 0 saturated carbocycles. The summed E-state index contributed by atoms with van der Waals surface area (Å²) >= 11 is 0. The van der Waals surface area contributed by atoms with Crippen LogP contribution in [0.1, 0.15) is 32.6 Å². The van der Waals surface area contributed by atoms with Gasteiger partial charge < -0.3 is 14.8 Å². The Morgan fingerprint density at radius 3 is 2.56 bits per heavy atom. The fraction of sp³-hybridized carbons (Fsp3) is 1.00. The first kappa shape index (κ1) is 14.3. The molecule has 0 amide bonds. The van der Waals surface area contributed by atoms with E-state index in [1.165, 1.54) is 6.42 Å². The van der Waals surface area contributed by atoms with Gasteiger partial charge in [-0.25, -0.2) is 0 Å². The van der Waals surface area contributed by atoms with Gasteiger partial charge in [0.1, 0.15) is 0 Å². The van der Waals surface area contributed by atoms with Crippen LogP contribution in [0, 0.1) is 0 Å². The molecule has 1 N–H and O–H groups in total. The van der Waals surface area contributed by atoms with E-state index in [2.05, 4.69) is 24.2 Å². The van der Waals surface area contributed by atoms with Crippen LogP contribution >= 0.6 is 0 Å².